The standard InChI is InChI=1S/C18H19NO2/c1-20-15-8-6-14(7-9-15)19-18-5-3-4-13-12-16(21-2)10-11-17(13)18/h6-12H,3-5H2,1-2H3. The number of nitrogens with zero attached hydrogens (tertiary/aromatic N) is 1. The number of hydrogen-bond donors (Lipinski definition) is 0. The zero-order chi connectivity index (χ0) is 14.7. The van der Waals surface area contributed by atoms with E-state index in [4.69, 9.17) is 14.5 Å². The number of aryl methyl sites for hydroxylation is 1. The molecular formula is C18H19NO2. The van der Waals surface area contributed by atoms with Gasteiger partial charge in [-0.25, -0.2) is 0 Å². The molecule has 0 fully saturated rings. The third-order valence-electron chi connectivity index (χ3n) is 3.82. The summed E-state index contributed by atoms with van der Waals surface area (Å²) in [5, 5.41) is 0. The van der Waals surface area contributed by atoms with Gasteiger partial charge in [0, 0.05) is 5.71 Å². The summed E-state index contributed by atoms with van der Waals surface area (Å²) in [6, 6.07) is 14.1. The summed E-state index contributed by atoms with van der Waals surface area (Å²) in [5.74, 6) is 1.77. The Labute approximate surface area is 125 Å². The average molecular weight is 281 g/mol. The molecule has 0 amide bonds. The van der Waals surface area contributed by atoms with Crippen molar-refractivity contribution < 1.29 is 9.47 Å². The number of aliphatic imine (C=N–C) groups is 1. The van der Waals surface area contributed by atoms with Crippen LogP contribution < -0.4 is 9.47 Å². The zero-order valence-corrected chi connectivity index (χ0v) is 12.4. The van der Waals surface area contributed by atoms with Crippen LogP contribution in [0.15, 0.2) is 47.5 Å². The summed E-state index contributed by atoms with van der Waals surface area (Å²) >= 11 is 0. The summed E-state index contributed by atoms with van der Waals surface area (Å²) in [7, 11) is 3.38. The smallest absolute Gasteiger partial charge is 0.119 e. The van der Waals surface area contributed by atoms with Crippen LogP contribution >= 0.6 is 0 Å². The van der Waals surface area contributed by atoms with Crippen LogP contribution in [0.1, 0.15) is 24.0 Å². The number of methoxy groups -OCH3 is 2. The van der Waals surface area contributed by atoms with Crippen molar-refractivity contribution in [1.29, 1.82) is 0 Å². The average Bonchev–Trinajstić information content (AvgIpc) is 2.55. The first-order chi connectivity index (χ1) is 10.3. The number of fused-ring (bicyclic) bond motifs is 1. The SMILES string of the molecule is COc1ccc(N=C2CCCc3cc(OC)ccc32)cc1. The van der Waals surface area contributed by atoms with Crippen molar-refractivity contribution in [3.8, 4) is 11.5 Å². The minimum atomic E-state index is 0.854. The molecule has 0 atom stereocenters. The van der Waals surface area contributed by atoms with Crippen molar-refractivity contribution in [3.05, 3.63) is 53.6 Å². The molecule has 0 bridgehead atoms. The van der Waals surface area contributed by atoms with Crippen LogP contribution in [0.5, 0.6) is 11.5 Å². The predicted molar refractivity (Wildman–Crippen MR) is 85.1 cm³/mol. The van der Waals surface area contributed by atoms with Crippen LogP contribution in [-0.4, -0.2) is 19.9 Å². The van der Waals surface area contributed by atoms with Gasteiger partial charge in [-0.05, 0) is 72.9 Å². The van der Waals surface area contributed by atoms with Gasteiger partial charge < -0.3 is 9.47 Å². The Morgan fingerprint density at radius 1 is 0.857 bits per heavy atom. The van der Waals surface area contributed by atoms with E-state index in [1.54, 1.807) is 14.2 Å². The van der Waals surface area contributed by atoms with Crippen molar-refractivity contribution in [2.45, 2.75) is 19.3 Å². The van der Waals surface area contributed by atoms with E-state index in [0.717, 1.165) is 42.2 Å². The quantitative estimate of drug-likeness (QED) is 0.845. The van der Waals surface area contributed by atoms with E-state index in [9.17, 15) is 0 Å². The van der Waals surface area contributed by atoms with Gasteiger partial charge in [-0.3, -0.25) is 4.99 Å². The van der Waals surface area contributed by atoms with Gasteiger partial charge in [0.05, 0.1) is 19.9 Å². The van der Waals surface area contributed by atoms with Crippen LogP contribution in [0.25, 0.3) is 0 Å². The molecule has 3 nitrogen and oxygen atoms in total. The Morgan fingerprint density at radius 2 is 1.57 bits per heavy atom. The molecule has 0 N–H and O–H groups in total. The lowest BCUT2D eigenvalue weighted by Crippen LogP contribution is -2.11. The lowest BCUT2D eigenvalue weighted by atomic mass is 9.90. The Morgan fingerprint density at radius 3 is 2.29 bits per heavy atom. The lowest BCUT2D eigenvalue weighted by molar-refractivity contribution is 0.414. The summed E-state index contributed by atoms with van der Waals surface area (Å²) in [5.41, 5.74) is 4.70. The molecule has 0 spiro atoms. The van der Waals surface area contributed by atoms with Crippen LogP contribution in [0, 0.1) is 0 Å². The summed E-state index contributed by atoms with van der Waals surface area (Å²) in [6.07, 6.45) is 3.24. The third kappa shape index (κ3) is 2.92. The molecule has 0 unspecified atom stereocenters. The first-order valence-electron chi connectivity index (χ1n) is 7.19. The maximum absolute atomic E-state index is 5.31. The fourth-order valence-electron chi connectivity index (χ4n) is 2.70. The van der Waals surface area contributed by atoms with Crippen molar-refractivity contribution >= 4 is 11.4 Å². The monoisotopic (exact) mass is 281 g/mol. The van der Waals surface area contributed by atoms with Crippen molar-refractivity contribution in [2.24, 2.45) is 4.99 Å². The topological polar surface area (TPSA) is 30.8 Å². The van der Waals surface area contributed by atoms with E-state index < -0.39 is 0 Å². The molecule has 0 aromatic heterocycles. The lowest BCUT2D eigenvalue weighted by Gasteiger charge is -2.18. The summed E-state index contributed by atoms with van der Waals surface area (Å²) < 4.78 is 10.5. The van der Waals surface area contributed by atoms with Crippen molar-refractivity contribution in [3.63, 3.8) is 0 Å². The Hall–Kier alpha value is -2.29. The van der Waals surface area contributed by atoms with Gasteiger partial charge in [0.2, 0.25) is 0 Å². The second-order valence-corrected chi connectivity index (χ2v) is 5.13. The minimum absolute atomic E-state index is 0.854. The van der Waals surface area contributed by atoms with Gasteiger partial charge in [0.1, 0.15) is 11.5 Å². The molecule has 108 valence electrons. The van der Waals surface area contributed by atoms with Crippen molar-refractivity contribution in [2.75, 3.05) is 14.2 Å². The molecule has 3 heteroatoms. The molecule has 0 radical (unpaired) electrons. The molecule has 0 heterocycles. The molecule has 0 aliphatic heterocycles. The fraction of sp³-hybridized carbons (Fsp3) is 0.278. The van der Waals surface area contributed by atoms with E-state index in [1.165, 1.54) is 11.1 Å². The molecule has 1 aliphatic carbocycles. The van der Waals surface area contributed by atoms with Gasteiger partial charge in [0.25, 0.3) is 0 Å². The van der Waals surface area contributed by atoms with E-state index in [-0.39, 0.29) is 0 Å². The van der Waals surface area contributed by atoms with Gasteiger partial charge >= 0.3 is 0 Å². The van der Waals surface area contributed by atoms with Gasteiger partial charge in [0.15, 0.2) is 0 Å². The van der Waals surface area contributed by atoms with E-state index in [2.05, 4.69) is 12.1 Å². The van der Waals surface area contributed by atoms with Crippen molar-refractivity contribution in [1.82, 2.24) is 0 Å². The van der Waals surface area contributed by atoms with Gasteiger partial charge in [-0.15, -0.1) is 0 Å². The maximum atomic E-state index is 5.31. The Balaban J connectivity index is 1.94. The number of benzene rings is 2. The summed E-state index contributed by atoms with van der Waals surface area (Å²) in [4.78, 5) is 4.81. The zero-order valence-electron chi connectivity index (χ0n) is 12.4. The molecule has 1 aliphatic rings. The van der Waals surface area contributed by atoms with Crippen LogP contribution in [0.2, 0.25) is 0 Å². The largest absolute Gasteiger partial charge is 0.497 e. The van der Waals surface area contributed by atoms with Crippen LogP contribution in [-0.2, 0) is 6.42 Å². The molecule has 3 rings (SSSR count). The highest BCUT2D eigenvalue weighted by Crippen LogP contribution is 2.28. The molecule has 2 aromatic rings. The molecule has 0 saturated heterocycles. The minimum Gasteiger partial charge on any atom is -0.497 e. The highest BCUT2D eigenvalue weighted by atomic mass is 16.5. The molecule has 0 saturated carbocycles. The second kappa shape index (κ2) is 6.00. The number of ether oxygens (including phenoxy) is 2. The van der Waals surface area contributed by atoms with Crippen LogP contribution in [0.4, 0.5) is 5.69 Å². The fourth-order valence-corrected chi connectivity index (χ4v) is 2.70. The Bertz CT molecular complexity index is 659. The van der Waals surface area contributed by atoms with E-state index in [1.807, 2.05) is 30.3 Å². The van der Waals surface area contributed by atoms with Gasteiger partial charge in [-0.2, -0.15) is 0 Å². The summed E-state index contributed by atoms with van der Waals surface area (Å²) in [6.45, 7) is 0. The first-order valence-corrected chi connectivity index (χ1v) is 7.19. The van der Waals surface area contributed by atoms with Crippen LogP contribution in [0.3, 0.4) is 0 Å². The highest BCUT2D eigenvalue weighted by molar-refractivity contribution is 6.04. The van der Waals surface area contributed by atoms with E-state index in [0.29, 0.717) is 0 Å². The number of rotatable bonds is 3. The highest BCUT2D eigenvalue weighted by Gasteiger charge is 2.16. The first kappa shape index (κ1) is 13.7. The molecule has 21 heavy (non-hydrogen) atoms. The molecule has 2 aromatic carbocycles. The predicted octanol–water partition coefficient (Wildman–Crippen LogP) is 4.16. The maximum Gasteiger partial charge on any atom is 0.119 e. The number of hydrogen-bond acceptors (Lipinski definition) is 3. The second-order valence-electron chi connectivity index (χ2n) is 5.13. The van der Waals surface area contributed by atoms with E-state index >= 15 is 0 Å². The normalized spacial score (nSPS) is 15.6. The van der Waals surface area contributed by atoms with Gasteiger partial charge in [-0.1, -0.05) is 0 Å². The molecular weight excluding hydrogens is 262 g/mol. The Kier molecular flexibility index (Phi) is 3.91. The third-order valence-corrected chi connectivity index (χ3v) is 3.82.